The van der Waals surface area contributed by atoms with Crippen molar-refractivity contribution in [3.8, 4) is 6.07 Å². The summed E-state index contributed by atoms with van der Waals surface area (Å²) in [6.07, 6.45) is 2.17. The fourth-order valence-corrected chi connectivity index (χ4v) is 11.0. The van der Waals surface area contributed by atoms with Crippen molar-refractivity contribution in [2.75, 3.05) is 6.61 Å². The van der Waals surface area contributed by atoms with Gasteiger partial charge in [0.2, 0.25) is 0 Å². The van der Waals surface area contributed by atoms with E-state index in [1.54, 1.807) is 0 Å². The molecule has 0 N–H and O–H groups in total. The number of rotatable bonds is 2. The Balaban J connectivity index is 1.57. The van der Waals surface area contributed by atoms with Gasteiger partial charge in [-0.25, -0.2) is 4.79 Å². The van der Waals surface area contributed by atoms with Crippen LogP contribution in [-0.4, -0.2) is 30.3 Å². The van der Waals surface area contributed by atoms with E-state index in [2.05, 4.69) is 40.7 Å². The van der Waals surface area contributed by atoms with Crippen LogP contribution < -0.4 is 0 Å². The Labute approximate surface area is 241 Å². The first-order valence-electron chi connectivity index (χ1n) is 15.1. The molecule has 0 aromatic rings. The van der Waals surface area contributed by atoms with Crippen molar-refractivity contribution in [1.29, 1.82) is 5.26 Å². The lowest BCUT2D eigenvalue weighted by molar-refractivity contribution is -0.233. The van der Waals surface area contributed by atoms with Gasteiger partial charge in [0.1, 0.15) is 11.9 Å². The van der Waals surface area contributed by atoms with E-state index in [0.717, 1.165) is 19.3 Å². The topological polar surface area (TPSA) is 84.2 Å². The predicted octanol–water partition coefficient (Wildman–Crippen LogP) is 7.39. The summed E-state index contributed by atoms with van der Waals surface area (Å²) in [5.74, 6) is -2.75. The van der Waals surface area contributed by atoms with E-state index < -0.39 is 33.8 Å². The number of alkyl halides is 3. The summed E-state index contributed by atoms with van der Waals surface area (Å²) in [4.78, 5) is 39.5. The molecule has 0 bridgehead atoms. The van der Waals surface area contributed by atoms with Crippen LogP contribution in [0.1, 0.15) is 99.8 Å². The van der Waals surface area contributed by atoms with Gasteiger partial charge in [0, 0.05) is 23.2 Å². The maximum atomic E-state index is 14.5. The number of fused-ring (bicyclic) bond motifs is 7. The van der Waals surface area contributed by atoms with Crippen molar-refractivity contribution in [3.63, 3.8) is 0 Å². The highest BCUT2D eigenvalue weighted by molar-refractivity contribution is 6.04. The van der Waals surface area contributed by atoms with Crippen LogP contribution in [0.5, 0.6) is 0 Å². The number of hydrogen-bond donors (Lipinski definition) is 0. The van der Waals surface area contributed by atoms with Gasteiger partial charge in [-0.05, 0) is 84.4 Å². The standard InChI is InChI=1S/C33H44F3NO4/c1-27(2)10-12-32(18-41-26(40)33(34,35)36)13-11-31(7)24(20(32)16-27)21(38)14-23-29(5)15-19(17-37)25(39)28(3,4)22(29)8-9-30(23,31)6/h15,20,22-24H,8-14,16,18H2,1-7H3/t20?,22-,23+,24?,29-,30+,31+,32+/m0/s1. The molecule has 226 valence electrons. The third kappa shape index (κ3) is 4.10. The molecule has 41 heavy (non-hydrogen) atoms. The fourth-order valence-electron chi connectivity index (χ4n) is 11.0. The molecule has 0 amide bonds. The van der Waals surface area contributed by atoms with Crippen LogP contribution in [0, 0.1) is 67.5 Å². The van der Waals surface area contributed by atoms with Gasteiger partial charge in [0.05, 0.1) is 12.2 Å². The third-order valence-corrected chi connectivity index (χ3v) is 13.4. The smallest absolute Gasteiger partial charge is 0.458 e. The van der Waals surface area contributed by atoms with Gasteiger partial charge < -0.3 is 4.74 Å². The number of carbonyl (C=O) groups excluding carboxylic acids is 3. The van der Waals surface area contributed by atoms with Gasteiger partial charge in [0.15, 0.2) is 5.78 Å². The Hall–Kier alpha value is -2.17. The quantitative estimate of drug-likeness (QED) is 0.321. The van der Waals surface area contributed by atoms with E-state index in [4.69, 9.17) is 4.74 Å². The minimum absolute atomic E-state index is 0.00343. The van der Waals surface area contributed by atoms with Crippen molar-refractivity contribution in [2.24, 2.45) is 56.2 Å². The van der Waals surface area contributed by atoms with Gasteiger partial charge in [0.25, 0.3) is 0 Å². The summed E-state index contributed by atoms with van der Waals surface area (Å²) in [5, 5.41) is 9.88. The van der Waals surface area contributed by atoms with E-state index in [1.807, 2.05) is 19.9 Å². The molecular weight excluding hydrogens is 531 g/mol. The normalized spacial score (nSPS) is 44.8. The SMILES string of the molecule is CC1(C)CC[C@]2(COC(=O)C(F)(F)F)CC[C@]3(C)C(C(=O)C[C@@H]4[C@@]5(C)C=C(C#N)C(=O)C(C)(C)[C@@H]5CC[C@]43C)C2C1. The second-order valence-electron chi connectivity index (χ2n) is 16.1. The molecule has 0 saturated heterocycles. The molecular formula is C33H44F3NO4. The molecule has 0 heterocycles. The summed E-state index contributed by atoms with van der Waals surface area (Å²) in [7, 11) is 0. The number of esters is 1. The number of ketones is 2. The minimum Gasteiger partial charge on any atom is -0.458 e. The van der Waals surface area contributed by atoms with Crippen LogP contribution in [0.4, 0.5) is 13.2 Å². The van der Waals surface area contributed by atoms with Crippen LogP contribution in [-0.2, 0) is 19.1 Å². The molecule has 5 aliphatic carbocycles. The number of halogens is 3. The van der Waals surface area contributed by atoms with E-state index >= 15 is 0 Å². The minimum atomic E-state index is -5.05. The molecule has 5 rings (SSSR count). The van der Waals surface area contributed by atoms with Crippen LogP contribution in [0.2, 0.25) is 0 Å². The fraction of sp³-hybridized carbons (Fsp3) is 0.818. The maximum absolute atomic E-state index is 14.5. The van der Waals surface area contributed by atoms with Crippen LogP contribution in [0.3, 0.4) is 0 Å². The maximum Gasteiger partial charge on any atom is 0.490 e. The first-order chi connectivity index (χ1) is 18.7. The van der Waals surface area contributed by atoms with Crippen molar-refractivity contribution in [1.82, 2.24) is 0 Å². The van der Waals surface area contributed by atoms with Crippen LogP contribution in [0.15, 0.2) is 11.6 Å². The number of Topliss-reactive ketones (excluding diaryl/α,β-unsaturated/α-hetero) is 2. The molecule has 0 spiro atoms. The zero-order valence-corrected chi connectivity index (χ0v) is 25.5. The number of nitrogens with zero attached hydrogens (tertiary/aromatic N) is 1. The van der Waals surface area contributed by atoms with Gasteiger partial charge in [-0.2, -0.15) is 18.4 Å². The van der Waals surface area contributed by atoms with Gasteiger partial charge in [-0.15, -0.1) is 0 Å². The lowest BCUT2D eigenvalue weighted by atomic mass is 9.31. The zero-order valence-electron chi connectivity index (χ0n) is 25.5. The molecule has 0 radical (unpaired) electrons. The summed E-state index contributed by atoms with van der Waals surface area (Å²) in [5.41, 5.74) is -2.48. The number of hydrogen-bond acceptors (Lipinski definition) is 5. The number of nitriles is 1. The largest absolute Gasteiger partial charge is 0.490 e. The van der Waals surface area contributed by atoms with E-state index in [-0.39, 0.29) is 58.2 Å². The van der Waals surface area contributed by atoms with Crippen molar-refractivity contribution < 1.29 is 32.3 Å². The first-order valence-corrected chi connectivity index (χ1v) is 15.1. The average molecular weight is 576 g/mol. The Bertz CT molecular complexity index is 1260. The van der Waals surface area contributed by atoms with Crippen molar-refractivity contribution in [3.05, 3.63) is 11.6 Å². The summed E-state index contributed by atoms with van der Waals surface area (Å²) >= 11 is 0. The van der Waals surface area contributed by atoms with Crippen LogP contribution >= 0.6 is 0 Å². The lowest BCUT2D eigenvalue weighted by Crippen LogP contribution is -2.69. The Morgan fingerprint density at radius 2 is 1.61 bits per heavy atom. The van der Waals surface area contributed by atoms with E-state index in [1.165, 1.54) is 0 Å². The number of carbonyl (C=O) groups is 3. The highest BCUT2D eigenvalue weighted by Crippen LogP contribution is 2.75. The summed E-state index contributed by atoms with van der Waals surface area (Å²) in [6, 6.07) is 2.14. The lowest BCUT2D eigenvalue weighted by Gasteiger charge is -2.72. The summed E-state index contributed by atoms with van der Waals surface area (Å²) < 4.78 is 44.3. The molecule has 2 unspecified atom stereocenters. The molecule has 8 heteroatoms. The Kier molecular flexibility index (Phi) is 6.59. The molecule has 5 nitrogen and oxygen atoms in total. The molecule has 5 aliphatic rings. The molecule has 4 fully saturated rings. The molecule has 4 saturated carbocycles. The van der Waals surface area contributed by atoms with E-state index in [0.29, 0.717) is 32.1 Å². The van der Waals surface area contributed by atoms with Gasteiger partial charge in [-0.1, -0.05) is 54.5 Å². The zero-order chi connectivity index (χ0) is 30.6. The number of allylic oxidation sites excluding steroid dienone is 2. The van der Waals surface area contributed by atoms with E-state index in [9.17, 15) is 32.8 Å². The molecule has 0 aliphatic heterocycles. The Morgan fingerprint density at radius 3 is 2.22 bits per heavy atom. The van der Waals surface area contributed by atoms with Gasteiger partial charge in [-0.3, -0.25) is 9.59 Å². The second kappa shape index (κ2) is 8.92. The molecule has 0 aromatic heterocycles. The molecule has 8 atom stereocenters. The van der Waals surface area contributed by atoms with Crippen LogP contribution in [0.25, 0.3) is 0 Å². The first kappa shape index (κ1) is 30.3. The van der Waals surface area contributed by atoms with Crippen molar-refractivity contribution >= 4 is 17.5 Å². The molecule has 0 aromatic carbocycles. The Morgan fingerprint density at radius 1 is 0.976 bits per heavy atom. The highest BCUT2D eigenvalue weighted by Gasteiger charge is 2.72. The predicted molar refractivity (Wildman–Crippen MR) is 146 cm³/mol. The highest BCUT2D eigenvalue weighted by atomic mass is 19.4. The third-order valence-electron chi connectivity index (χ3n) is 13.4. The monoisotopic (exact) mass is 575 g/mol. The summed E-state index contributed by atoms with van der Waals surface area (Å²) in [6.45, 7) is 14.5. The average Bonchev–Trinajstić information content (AvgIpc) is 2.86. The van der Waals surface area contributed by atoms with Crippen molar-refractivity contribution in [2.45, 2.75) is 106 Å². The number of ether oxygens (including phenoxy) is 1. The van der Waals surface area contributed by atoms with Gasteiger partial charge >= 0.3 is 12.1 Å². The second-order valence-corrected chi connectivity index (χ2v) is 16.1.